The third kappa shape index (κ3) is 5.52. The molecule has 3 N–H and O–H groups in total. The van der Waals surface area contributed by atoms with Crippen LogP contribution in [0.15, 0.2) is 30.3 Å². The molecule has 0 saturated carbocycles. The van der Waals surface area contributed by atoms with Crippen LogP contribution in [0, 0.1) is 11.6 Å². The van der Waals surface area contributed by atoms with Gasteiger partial charge in [0.15, 0.2) is 11.6 Å². The predicted octanol–water partition coefficient (Wildman–Crippen LogP) is 5.01. The van der Waals surface area contributed by atoms with E-state index in [1.54, 1.807) is 20.8 Å². The van der Waals surface area contributed by atoms with Gasteiger partial charge in [-0.15, -0.1) is 0 Å². The molecule has 29 heavy (non-hydrogen) atoms. The van der Waals surface area contributed by atoms with Crippen molar-refractivity contribution in [3.8, 4) is 11.5 Å². The number of ether oxygens (including phenoxy) is 1. The highest BCUT2D eigenvalue weighted by atomic mass is 35.5. The Morgan fingerprint density at radius 3 is 2.48 bits per heavy atom. The number of carbonyl (C=O) groups is 1. The minimum absolute atomic E-state index is 0.00238. The van der Waals surface area contributed by atoms with E-state index in [9.17, 15) is 13.4 Å². The molecule has 2 aromatic carbocycles. The van der Waals surface area contributed by atoms with E-state index < -0.39 is 39.3 Å². The Labute approximate surface area is 176 Å². The Hall–Kier alpha value is -2.03. The van der Waals surface area contributed by atoms with E-state index >= 15 is 4.39 Å². The Morgan fingerprint density at radius 1 is 1.28 bits per heavy atom. The fourth-order valence-electron chi connectivity index (χ4n) is 2.46. The smallest absolute Gasteiger partial charge is 0.251 e. The molecular formula is C20H23ClF2N2O3S. The summed E-state index contributed by atoms with van der Waals surface area (Å²) in [4.78, 5) is 11.3. The summed E-state index contributed by atoms with van der Waals surface area (Å²) < 4.78 is 49.2. The van der Waals surface area contributed by atoms with Crippen molar-refractivity contribution in [2.75, 3.05) is 0 Å². The molecule has 5 nitrogen and oxygen atoms in total. The minimum atomic E-state index is -1.42. The van der Waals surface area contributed by atoms with E-state index in [2.05, 4.69) is 4.72 Å². The number of carbonyl (C=O) groups excluding carboxylic acids is 1. The standard InChI is InChI=1S/C20H23ClF2N2O3S/c1-5-16(25-29(27)20(2,3)4)12-7-8-14(21)18(17(12)23)28-11-6-9-15(22)13(10-11)19(24)26/h6-10,16,25H,5H2,1-4H3,(H2,24,26)/t16-,29-/m1/s1. The van der Waals surface area contributed by atoms with Gasteiger partial charge in [0.2, 0.25) is 0 Å². The monoisotopic (exact) mass is 444 g/mol. The van der Waals surface area contributed by atoms with Gasteiger partial charge in [-0.2, -0.15) is 0 Å². The average molecular weight is 445 g/mol. The fourth-order valence-corrected chi connectivity index (χ4v) is 3.55. The maximum absolute atomic E-state index is 15.2. The molecule has 0 bridgehead atoms. The highest BCUT2D eigenvalue weighted by Gasteiger charge is 2.26. The highest BCUT2D eigenvalue weighted by molar-refractivity contribution is 7.84. The summed E-state index contributed by atoms with van der Waals surface area (Å²) in [5, 5.41) is -0.0111. The Kier molecular flexibility index (Phi) is 7.37. The summed E-state index contributed by atoms with van der Waals surface area (Å²) in [5.41, 5.74) is 4.97. The molecule has 2 aromatic rings. The van der Waals surface area contributed by atoms with Crippen LogP contribution in [0.3, 0.4) is 0 Å². The van der Waals surface area contributed by atoms with Gasteiger partial charge in [0.1, 0.15) is 11.6 Å². The fraction of sp³-hybridized carbons (Fsp3) is 0.350. The first-order valence-electron chi connectivity index (χ1n) is 8.88. The van der Waals surface area contributed by atoms with Crippen molar-refractivity contribution in [3.63, 3.8) is 0 Å². The number of hydrogen-bond acceptors (Lipinski definition) is 3. The Bertz CT molecular complexity index is 948. The van der Waals surface area contributed by atoms with Gasteiger partial charge < -0.3 is 10.5 Å². The summed E-state index contributed by atoms with van der Waals surface area (Å²) in [6, 6.07) is 5.69. The van der Waals surface area contributed by atoms with Crippen LogP contribution < -0.4 is 15.2 Å². The third-order valence-electron chi connectivity index (χ3n) is 4.09. The van der Waals surface area contributed by atoms with Crippen molar-refractivity contribution in [1.82, 2.24) is 4.72 Å². The zero-order chi connectivity index (χ0) is 21.9. The van der Waals surface area contributed by atoms with Crippen LogP contribution in [0.1, 0.15) is 56.1 Å². The van der Waals surface area contributed by atoms with Crippen LogP contribution in [0.4, 0.5) is 8.78 Å². The molecular weight excluding hydrogens is 422 g/mol. The Morgan fingerprint density at radius 2 is 1.93 bits per heavy atom. The number of primary amides is 1. The lowest BCUT2D eigenvalue weighted by Gasteiger charge is -2.24. The summed E-state index contributed by atoms with van der Waals surface area (Å²) in [7, 11) is -1.42. The van der Waals surface area contributed by atoms with Crippen LogP contribution in [0.25, 0.3) is 0 Å². The first kappa shape index (κ1) is 23.3. The zero-order valence-electron chi connectivity index (χ0n) is 16.5. The summed E-state index contributed by atoms with van der Waals surface area (Å²) >= 11 is 6.10. The molecule has 0 aliphatic carbocycles. The van der Waals surface area contributed by atoms with E-state index in [4.69, 9.17) is 22.1 Å². The number of halogens is 3. The Balaban J connectivity index is 2.41. The first-order valence-corrected chi connectivity index (χ1v) is 10.4. The van der Waals surface area contributed by atoms with Gasteiger partial charge >= 0.3 is 0 Å². The van der Waals surface area contributed by atoms with Crippen LogP contribution in [0.2, 0.25) is 5.02 Å². The maximum Gasteiger partial charge on any atom is 0.251 e. The molecule has 0 aliphatic rings. The molecule has 158 valence electrons. The van der Waals surface area contributed by atoms with Crippen molar-refractivity contribution >= 4 is 28.5 Å². The first-order chi connectivity index (χ1) is 13.5. The molecule has 0 aromatic heterocycles. The van der Waals surface area contributed by atoms with Gasteiger partial charge in [0.25, 0.3) is 5.91 Å². The number of rotatable bonds is 7. The van der Waals surface area contributed by atoms with E-state index in [1.165, 1.54) is 18.2 Å². The third-order valence-corrected chi connectivity index (χ3v) is 6.00. The molecule has 9 heteroatoms. The zero-order valence-corrected chi connectivity index (χ0v) is 18.1. The number of nitrogens with two attached hydrogens (primary N) is 1. The SMILES string of the molecule is CC[C@@H](N[S@](=O)C(C)(C)C)c1ccc(Cl)c(Oc2ccc(F)c(C(N)=O)c2)c1F. The van der Waals surface area contributed by atoms with E-state index in [1.807, 2.05) is 6.92 Å². The van der Waals surface area contributed by atoms with Crippen molar-refractivity contribution in [1.29, 1.82) is 0 Å². The van der Waals surface area contributed by atoms with Gasteiger partial charge in [-0.1, -0.05) is 24.6 Å². The summed E-state index contributed by atoms with van der Waals surface area (Å²) in [6.07, 6.45) is 0.461. The van der Waals surface area contributed by atoms with E-state index in [0.717, 1.165) is 12.1 Å². The van der Waals surface area contributed by atoms with Gasteiger partial charge in [-0.05, 0) is 51.5 Å². The molecule has 0 spiro atoms. The second-order valence-corrected chi connectivity index (χ2v) is 9.75. The normalized spacial score (nSPS) is 13.8. The summed E-state index contributed by atoms with van der Waals surface area (Å²) in [6.45, 7) is 7.24. The highest BCUT2D eigenvalue weighted by Crippen LogP contribution is 2.37. The van der Waals surface area contributed by atoms with Crippen LogP contribution in [-0.4, -0.2) is 14.9 Å². The second-order valence-electron chi connectivity index (χ2n) is 7.35. The predicted molar refractivity (Wildman–Crippen MR) is 110 cm³/mol. The lowest BCUT2D eigenvalue weighted by Crippen LogP contribution is -2.35. The van der Waals surface area contributed by atoms with Crippen LogP contribution >= 0.6 is 11.6 Å². The van der Waals surface area contributed by atoms with Gasteiger partial charge in [-0.25, -0.2) is 17.7 Å². The van der Waals surface area contributed by atoms with Gasteiger partial charge in [0, 0.05) is 11.6 Å². The molecule has 1 amide bonds. The van der Waals surface area contributed by atoms with Crippen molar-refractivity contribution in [3.05, 3.63) is 58.1 Å². The largest absolute Gasteiger partial charge is 0.453 e. The molecule has 0 radical (unpaired) electrons. The van der Waals surface area contributed by atoms with Crippen molar-refractivity contribution < 1.29 is 22.5 Å². The van der Waals surface area contributed by atoms with Gasteiger partial charge in [0.05, 0.1) is 26.3 Å². The van der Waals surface area contributed by atoms with E-state index in [0.29, 0.717) is 6.42 Å². The maximum atomic E-state index is 15.2. The molecule has 2 atom stereocenters. The molecule has 0 unspecified atom stereocenters. The molecule has 0 fully saturated rings. The molecule has 0 aliphatic heterocycles. The quantitative estimate of drug-likeness (QED) is 0.629. The lowest BCUT2D eigenvalue weighted by atomic mass is 10.0. The lowest BCUT2D eigenvalue weighted by molar-refractivity contribution is 0.0996. The topological polar surface area (TPSA) is 81.4 Å². The molecule has 0 heterocycles. The van der Waals surface area contributed by atoms with E-state index in [-0.39, 0.29) is 27.6 Å². The van der Waals surface area contributed by atoms with Gasteiger partial charge in [-0.3, -0.25) is 4.79 Å². The average Bonchev–Trinajstić information content (AvgIpc) is 2.63. The van der Waals surface area contributed by atoms with Crippen molar-refractivity contribution in [2.45, 2.75) is 44.9 Å². The second kappa shape index (κ2) is 9.19. The van der Waals surface area contributed by atoms with Crippen LogP contribution in [-0.2, 0) is 11.0 Å². The molecule has 2 rings (SSSR count). The van der Waals surface area contributed by atoms with Crippen molar-refractivity contribution in [2.24, 2.45) is 5.73 Å². The number of nitrogens with one attached hydrogen (secondary N) is 1. The number of amides is 1. The number of hydrogen-bond donors (Lipinski definition) is 2. The minimum Gasteiger partial charge on any atom is -0.453 e. The van der Waals surface area contributed by atoms with Crippen LogP contribution in [0.5, 0.6) is 11.5 Å². The summed E-state index contributed by atoms with van der Waals surface area (Å²) in [5.74, 6) is -2.82. The number of benzene rings is 2. The molecule has 0 saturated heterocycles.